The zero-order valence-electron chi connectivity index (χ0n) is 62.5. The van der Waals surface area contributed by atoms with E-state index in [1.54, 1.807) is 0 Å². The van der Waals surface area contributed by atoms with Crippen molar-refractivity contribution in [1.82, 2.24) is 0 Å². The normalized spacial score (nSPS) is 15.0. The van der Waals surface area contributed by atoms with Crippen LogP contribution in [0.15, 0.2) is 170 Å². The Hall–Kier alpha value is -5.09. The van der Waals surface area contributed by atoms with E-state index < -0.39 is 91.5 Å². The Bertz CT molecular complexity index is 2520. The van der Waals surface area contributed by atoms with Gasteiger partial charge in [0.2, 0.25) is 0 Å². The number of ether oxygens (including phenoxy) is 3. The number of unbranched alkanes of at least 4 members (excludes halogenated alkanes) is 20. The third-order valence-electron chi connectivity index (χ3n) is 15.4. The molecule has 0 aromatic carbocycles. The lowest BCUT2D eigenvalue weighted by Crippen LogP contribution is -2.30. The monoisotopic (exact) mass is 1450 g/mol. The number of esters is 3. The first kappa shape index (κ1) is 95.9. The van der Waals surface area contributed by atoms with Crippen LogP contribution in [0.3, 0.4) is 0 Å². The minimum absolute atomic E-state index is 0.0758. The Labute approximate surface area is 612 Å². The smallest absolute Gasteiger partial charge is 0.463 e. The number of phosphoric acid groups is 2. The highest BCUT2D eigenvalue weighted by Crippen LogP contribution is 2.45. The zero-order valence-corrected chi connectivity index (χ0v) is 64.3. The Balaban J connectivity index is 4.55. The number of aliphatic hydroxyl groups is 2. The second-order valence-corrected chi connectivity index (χ2v) is 27.9. The molecule has 0 radical (unpaired) electrons. The first-order valence-electron chi connectivity index (χ1n) is 38.4. The summed E-state index contributed by atoms with van der Waals surface area (Å²) in [5.41, 5.74) is 0. The van der Waals surface area contributed by atoms with E-state index in [2.05, 4.69) is 179 Å². The van der Waals surface area contributed by atoms with Crippen LogP contribution in [0, 0.1) is 0 Å². The largest absolute Gasteiger partial charge is 0.472 e. The van der Waals surface area contributed by atoms with Crippen molar-refractivity contribution in [2.24, 2.45) is 0 Å². The summed E-state index contributed by atoms with van der Waals surface area (Å²) in [4.78, 5) is 58.6. The van der Waals surface area contributed by atoms with E-state index >= 15 is 0 Å². The Kier molecular flexibility index (Phi) is 70.9. The average Bonchev–Trinajstić information content (AvgIpc) is 1.15. The summed E-state index contributed by atoms with van der Waals surface area (Å²) in [7, 11) is -9.82. The number of hydrogen-bond acceptors (Lipinski definition) is 14. The fraction of sp³-hybridized carbons (Fsp3) is 0.627. The molecule has 0 spiro atoms. The van der Waals surface area contributed by atoms with Crippen molar-refractivity contribution < 1.29 is 75.8 Å². The van der Waals surface area contributed by atoms with Crippen LogP contribution < -0.4 is 0 Å². The number of aliphatic hydroxyl groups excluding tert-OH is 2. The third kappa shape index (κ3) is 75.9. The van der Waals surface area contributed by atoms with Crippen LogP contribution in [-0.2, 0) is 55.8 Å². The van der Waals surface area contributed by atoms with Crippen molar-refractivity contribution in [1.29, 1.82) is 0 Å². The molecule has 0 aromatic rings. The summed E-state index contributed by atoms with van der Waals surface area (Å²) < 4.78 is 61.0. The van der Waals surface area contributed by atoms with Gasteiger partial charge in [0.15, 0.2) is 6.10 Å². The van der Waals surface area contributed by atoms with Crippen molar-refractivity contribution in [2.75, 3.05) is 39.6 Å². The van der Waals surface area contributed by atoms with Crippen LogP contribution in [0.1, 0.15) is 278 Å². The molecule has 101 heavy (non-hydrogen) atoms. The van der Waals surface area contributed by atoms with Gasteiger partial charge in [-0.3, -0.25) is 32.5 Å². The van der Waals surface area contributed by atoms with E-state index in [9.17, 15) is 43.5 Å². The zero-order chi connectivity index (χ0) is 73.7. The van der Waals surface area contributed by atoms with Crippen molar-refractivity contribution in [3.63, 3.8) is 0 Å². The van der Waals surface area contributed by atoms with Crippen molar-refractivity contribution in [3.8, 4) is 0 Å². The van der Waals surface area contributed by atoms with Gasteiger partial charge in [0.25, 0.3) is 0 Å². The predicted molar refractivity (Wildman–Crippen MR) is 417 cm³/mol. The van der Waals surface area contributed by atoms with Gasteiger partial charge >= 0.3 is 33.6 Å². The SMILES string of the molecule is CC/C=C\C/C=C\C/C=C\C/C=C\C/C=C\C/C=C\CCCCCCCCCCCCCCC(=O)OCC(O)COP(=O)(O)OCC(O)COP(=O)(O)OCC(COC(=O)CCC/C=C\C/C=C\C/C=C\C/C=C\C/C=C\CC)OC(=O)CCCCCCCCC/C=C\C/C=C\C/C=C\CC. The molecule has 0 saturated carbocycles. The van der Waals surface area contributed by atoms with E-state index in [0.29, 0.717) is 25.7 Å². The van der Waals surface area contributed by atoms with Crippen LogP contribution >= 0.6 is 15.6 Å². The Morgan fingerprint density at radius 3 is 0.822 bits per heavy atom. The first-order valence-corrected chi connectivity index (χ1v) is 41.4. The molecule has 0 fully saturated rings. The molecular formula is C83H136O16P2. The molecule has 0 heterocycles. The highest BCUT2D eigenvalue weighted by Gasteiger charge is 2.29. The third-order valence-corrected chi connectivity index (χ3v) is 17.3. The van der Waals surface area contributed by atoms with Crippen LogP contribution in [0.25, 0.3) is 0 Å². The van der Waals surface area contributed by atoms with Gasteiger partial charge in [-0.25, -0.2) is 9.13 Å². The predicted octanol–water partition coefficient (Wildman–Crippen LogP) is 22.4. The molecule has 5 unspecified atom stereocenters. The molecule has 0 aliphatic rings. The molecule has 0 aliphatic carbocycles. The minimum Gasteiger partial charge on any atom is -0.463 e. The number of carbonyl (C=O) groups excluding carboxylic acids is 3. The minimum atomic E-state index is -4.95. The number of carbonyl (C=O) groups is 3. The Morgan fingerprint density at radius 2 is 0.505 bits per heavy atom. The molecule has 0 aliphatic heterocycles. The number of hydrogen-bond donors (Lipinski definition) is 4. The first-order chi connectivity index (χ1) is 49.2. The molecule has 0 bridgehead atoms. The fourth-order valence-electron chi connectivity index (χ4n) is 9.68. The quantitative estimate of drug-likeness (QED) is 0.0146. The van der Waals surface area contributed by atoms with Gasteiger partial charge in [0.05, 0.1) is 26.4 Å². The average molecular weight is 1450 g/mol. The summed E-state index contributed by atoms with van der Waals surface area (Å²) in [6.07, 6.45) is 94.2. The van der Waals surface area contributed by atoms with E-state index in [-0.39, 0.29) is 19.3 Å². The second kappa shape index (κ2) is 74.6. The number of allylic oxidation sites excluding steroid dienone is 28. The molecule has 18 heteroatoms. The molecule has 0 aromatic heterocycles. The number of rotatable bonds is 71. The highest BCUT2D eigenvalue weighted by molar-refractivity contribution is 7.47. The lowest BCUT2D eigenvalue weighted by atomic mass is 10.0. The van der Waals surface area contributed by atoms with Gasteiger partial charge in [-0.15, -0.1) is 0 Å². The summed E-state index contributed by atoms with van der Waals surface area (Å²) in [6, 6.07) is 0. The second-order valence-electron chi connectivity index (χ2n) is 25.0. The molecule has 5 atom stereocenters. The molecule has 574 valence electrons. The van der Waals surface area contributed by atoms with Gasteiger partial charge in [-0.05, 0) is 141 Å². The van der Waals surface area contributed by atoms with Gasteiger partial charge in [-0.2, -0.15) is 0 Å². The lowest BCUT2D eigenvalue weighted by molar-refractivity contribution is -0.161. The maximum atomic E-state index is 13.0. The van der Waals surface area contributed by atoms with Crippen molar-refractivity contribution in [3.05, 3.63) is 170 Å². The maximum absolute atomic E-state index is 13.0. The number of phosphoric ester groups is 2. The van der Waals surface area contributed by atoms with Crippen molar-refractivity contribution >= 4 is 33.6 Å². The molecule has 16 nitrogen and oxygen atoms in total. The van der Waals surface area contributed by atoms with Crippen LogP contribution in [-0.4, -0.2) is 95.9 Å². The molecule has 0 saturated heterocycles. The summed E-state index contributed by atoms with van der Waals surface area (Å²) in [6.45, 7) is 2.24. The lowest BCUT2D eigenvalue weighted by Gasteiger charge is -2.21. The standard InChI is InChI=1S/C83H136O16P2/c1-4-7-10-13-16-19-22-25-28-31-32-33-34-35-36-37-38-39-40-41-42-43-44-47-49-51-54-57-60-63-66-69-81(86)93-72-78(84)73-95-100(89,90)96-74-79(85)75-97-101(91,92)98-77-80(99-83(88)71-68-65-62-59-56-53-50-46-30-27-24-21-18-15-12-9-6-3)76-94-82(87)70-67-64-61-58-55-52-48-45-29-26-23-20-17-14-11-8-5-2/h7-12,16-21,25-30,32-33,35-36,38-39,48,52,58,61,78-80,84-85H,4-6,13-15,22-24,31,34,37,40-47,49-51,53-57,59-60,62-77H2,1-3H3,(H,89,90)(H,91,92)/b10-7-,11-8-,12-9-,19-16-,20-17-,21-18-,28-25-,29-26-,30-27-,33-32-,36-35-,39-38-,52-48-,61-58-. The topological polar surface area (TPSA) is 231 Å². The van der Waals surface area contributed by atoms with Gasteiger partial charge in [-0.1, -0.05) is 287 Å². The molecule has 0 amide bonds. The highest BCUT2D eigenvalue weighted by atomic mass is 31.2. The van der Waals surface area contributed by atoms with E-state index in [4.69, 9.17) is 32.3 Å². The van der Waals surface area contributed by atoms with Gasteiger partial charge in [0, 0.05) is 19.3 Å². The maximum Gasteiger partial charge on any atom is 0.472 e. The van der Waals surface area contributed by atoms with E-state index in [1.807, 2.05) is 12.2 Å². The van der Waals surface area contributed by atoms with Crippen molar-refractivity contribution in [2.45, 2.75) is 296 Å². The van der Waals surface area contributed by atoms with Crippen LogP contribution in [0.4, 0.5) is 0 Å². The van der Waals surface area contributed by atoms with Gasteiger partial charge in [0.1, 0.15) is 25.4 Å². The van der Waals surface area contributed by atoms with Crippen LogP contribution in [0.5, 0.6) is 0 Å². The molecule has 0 rings (SSSR count). The van der Waals surface area contributed by atoms with Gasteiger partial charge < -0.3 is 34.2 Å². The molecular weight excluding hydrogens is 1310 g/mol. The summed E-state index contributed by atoms with van der Waals surface area (Å²) in [5.74, 6) is -1.66. The van der Waals surface area contributed by atoms with E-state index in [0.717, 1.165) is 161 Å². The summed E-state index contributed by atoms with van der Waals surface area (Å²) >= 11 is 0. The summed E-state index contributed by atoms with van der Waals surface area (Å²) in [5, 5.41) is 20.6. The fourth-order valence-corrected chi connectivity index (χ4v) is 11.3. The Morgan fingerprint density at radius 1 is 0.277 bits per heavy atom. The van der Waals surface area contributed by atoms with Crippen LogP contribution in [0.2, 0.25) is 0 Å². The molecule has 4 N–H and O–H groups in total. The van der Waals surface area contributed by atoms with E-state index in [1.165, 1.54) is 51.4 Å².